The van der Waals surface area contributed by atoms with E-state index in [9.17, 15) is 20.1 Å². The van der Waals surface area contributed by atoms with Crippen molar-refractivity contribution < 1.29 is 43.8 Å². The largest absolute Gasteiger partial charge is 0.507 e. The summed E-state index contributed by atoms with van der Waals surface area (Å²) in [5.74, 6) is -2.26. The number of hydrogen-bond acceptors (Lipinski definition) is 9. The first kappa shape index (κ1) is 19.2. The molecule has 0 radical (unpaired) electrons. The van der Waals surface area contributed by atoms with Crippen molar-refractivity contribution in [1.82, 2.24) is 0 Å². The number of aliphatic hydroxyl groups is 2. The number of carbonyl (C=O) groups excluding carboxylic acids is 1. The summed E-state index contributed by atoms with van der Waals surface area (Å²) in [6.07, 6.45) is -1.24. The summed E-state index contributed by atoms with van der Waals surface area (Å²) >= 11 is 0. The van der Waals surface area contributed by atoms with Gasteiger partial charge in [-0.2, -0.15) is 0 Å². The van der Waals surface area contributed by atoms with Gasteiger partial charge in [-0.25, -0.2) is 4.79 Å². The van der Waals surface area contributed by atoms with Gasteiger partial charge in [0.05, 0.1) is 13.2 Å². The maximum absolute atomic E-state index is 12.3. The highest BCUT2D eigenvalue weighted by Gasteiger charge is 2.54. The van der Waals surface area contributed by atoms with Crippen LogP contribution in [0, 0.1) is 0 Å². The smallest absolute Gasteiger partial charge is 0.343 e. The van der Waals surface area contributed by atoms with Gasteiger partial charge >= 0.3 is 5.97 Å². The normalized spacial score (nSPS) is 37.0. The molecule has 3 aliphatic heterocycles. The van der Waals surface area contributed by atoms with Gasteiger partial charge in [0, 0.05) is 31.6 Å². The van der Waals surface area contributed by atoms with Crippen LogP contribution in [-0.4, -0.2) is 65.9 Å². The number of methoxy groups -OCH3 is 2. The molecule has 3 aliphatic rings. The second kappa shape index (κ2) is 7.02. The maximum Gasteiger partial charge on any atom is 0.343 e. The molecule has 0 aromatic heterocycles. The van der Waals surface area contributed by atoms with E-state index in [1.165, 1.54) is 26.4 Å². The Hall–Kier alpha value is -2.17. The number of benzene rings is 1. The van der Waals surface area contributed by atoms with Crippen molar-refractivity contribution in [3.8, 4) is 11.5 Å². The van der Waals surface area contributed by atoms with Gasteiger partial charge in [0.25, 0.3) is 0 Å². The molecule has 152 valence electrons. The van der Waals surface area contributed by atoms with Crippen LogP contribution in [-0.2, 0) is 18.9 Å². The fourth-order valence-corrected chi connectivity index (χ4v) is 3.89. The second-order valence-electron chi connectivity index (χ2n) is 6.98. The van der Waals surface area contributed by atoms with Crippen LogP contribution in [0.2, 0.25) is 0 Å². The first-order chi connectivity index (χ1) is 13.4. The van der Waals surface area contributed by atoms with E-state index in [1.807, 2.05) is 0 Å². The summed E-state index contributed by atoms with van der Waals surface area (Å²) in [4.78, 5) is 12.3. The lowest BCUT2D eigenvalue weighted by Crippen LogP contribution is -2.61. The Morgan fingerprint density at radius 3 is 2.71 bits per heavy atom. The molecule has 0 unspecified atom stereocenters. The third kappa shape index (κ3) is 2.96. The van der Waals surface area contributed by atoms with Crippen LogP contribution in [0.5, 0.6) is 11.5 Å². The lowest BCUT2D eigenvalue weighted by atomic mass is 9.89. The lowest BCUT2D eigenvalue weighted by Gasteiger charge is -2.48. The van der Waals surface area contributed by atoms with E-state index in [4.69, 9.17) is 23.7 Å². The van der Waals surface area contributed by atoms with Gasteiger partial charge in [0.2, 0.25) is 5.79 Å². The molecule has 0 bridgehead atoms. The molecular weight excluding hydrogens is 372 g/mol. The van der Waals surface area contributed by atoms with Gasteiger partial charge < -0.3 is 39.0 Å². The average Bonchev–Trinajstić information content (AvgIpc) is 3.03. The molecule has 1 aromatic rings. The van der Waals surface area contributed by atoms with Crippen molar-refractivity contribution in [3.63, 3.8) is 0 Å². The molecule has 1 fully saturated rings. The van der Waals surface area contributed by atoms with E-state index in [1.54, 1.807) is 12.1 Å². The highest BCUT2D eigenvalue weighted by atomic mass is 16.8. The van der Waals surface area contributed by atoms with Crippen LogP contribution in [0.15, 0.2) is 24.3 Å². The lowest BCUT2D eigenvalue weighted by molar-refractivity contribution is -0.365. The Kier molecular flexibility index (Phi) is 4.80. The number of carbonyl (C=O) groups is 1. The molecule has 3 N–H and O–H groups in total. The van der Waals surface area contributed by atoms with Gasteiger partial charge in [-0.15, -0.1) is 0 Å². The Morgan fingerprint density at radius 1 is 1.21 bits per heavy atom. The second-order valence-corrected chi connectivity index (χ2v) is 6.98. The molecule has 6 atom stereocenters. The fraction of sp³-hybridized carbons (Fsp3) is 0.526. The maximum atomic E-state index is 12.3. The van der Waals surface area contributed by atoms with E-state index in [2.05, 4.69) is 0 Å². The van der Waals surface area contributed by atoms with Crippen LogP contribution in [0.25, 0.3) is 0 Å². The SMILES string of the molecule is COc1cc(O)c2c(c1)[C@@H]([C@H]1C[C@H](O)[C@H](O)[C@]3(C=CC[C@H](OC)O3)O1)OC2=O. The number of esters is 1. The van der Waals surface area contributed by atoms with E-state index in [-0.39, 0.29) is 17.7 Å². The van der Waals surface area contributed by atoms with Crippen LogP contribution in [0.4, 0.5) is 0 Å². The summed E-state index contributed by atoms with van der Waals surface area (Å²) in [5, 5.41) is 31.1. The van der Waals surface area contributed by atoms with Crippen molar-refractivity contribution in [2.24, 2.45) is 0 Å². The van der Waals surface area contributed by atoms with Gasteiger partial charge in [0.1, 0.15) is 29.3 Å². The van der Waals surface area contributed by atoms with Crippen molar-refractivity contribution >= 4 is 5.97 Å². The van der Waals surface area contributed by atoms with E-state index < -0.39 is 42.5 Å². The fourth-order valence-electron chi connectivity index (χ4n) is 3.89. The minimum atomic E-state index is -1.64. The van der Waals surface area contributed by atoms with E-state index >= 15 is 0 Å². The molecule has 0 amide bonds. The minimum Gasteiger partial charge on any atom is -0.507 e. The van der Waals surface area contributed by atoms with Gasteiger partial charge in [-0.1, -0.05) is 6.08 Å². The molecule has 1 aromatic carbocycles. The third-order valence-corrected chi connectivity index (χ3v) is 5.28. The Morgan fingerprint density at radius 2 is 2.00 bits per heavy atom. The Bertz CT molecular complexity index is 807. The highest BCUT2D eigenvalue weighted by Crippen LogP contribution is 2.46. The molecule has 4 rings (SSSR count). The molecule has 3 heterocycles. The number of aromatic hydroxyl groups is 1. The first-order valence-electron chi connectivity index (χ1n) is 8.92. The van der Waals surface area contributed by atoms with Crippen molar-refractivity contribution in [3.05, 3.63) is 35.4 Å². The van der Waals surface area contributed by atoms with Crippen LogP contribution < -0.4 is 4.74 Å². The van der Waals surface area contributed by atoms with Gasteiger partial charge in [-0.3, -0.25) is 0 Å². The molecular formula is C19H22O9. The number of hydrogen-bond donors (Lipinski definition) is 3. The Balaban J connectivity index is 1.69. The van der Waals surface area contributed by atoms with Gasteiger partial charge in [0.15, 0.2) is 12.4 Å². The Labute approximate surface area is 161 Å². The van der Waals surface area contributed by atoms with Crippen LogP contribution >= 0.6 is 0 Å². The number of ether oxygens (including phenoxy) is 5. The van der Waals surface area contributed by atoms with Gasteiger partial charge in [-0.05, 0) is 12.1 Å². The zero-order valence-corrected chi connectivity index (χ0v) is 15.4. The van der Waals surface area contributed by atoms with Crippen molar-refractivity contribution in [1.29, 1.82) is 0 Å². The summed E-state index contributed by atoms with van der Waals surface area (Å²) in [5.41, 5.74) is 0.410. The summed E-state index contributed by atoms with van der Waals surface area (Å²) in [7, 11) is 2.90. The van der Waals surface area contributed by atoms with E-state index in [0.717, 1.165) is 0 Å². The summed E-state index contributed by atoms with van der Waals surface area (Å²) in [6, 6.07) is 2.90. The standard InChI is InChI=1S/C19H22O9/c1-24-9-6-10-15(11(20)7-9)18(23)26-16(10)13-8-12(21)17(22)19(27-13)5-3-4-14(25-2)28-19/h3,5-7,12-14,16-17,20-22H,4,8H2,1-2H3/t12-,13+,14+,16-,17-,19+/m0/s1. The molecule has 28 heavy (non-hydrogen) atoms. The minimum absolute atomic E-state index is 0.00682. The zero-order chi connectivity index (χ0) is 20.1. The monoisotopic (exact) mass is 394 g/mol. The van der Waals surface area contributed by atoms with Crippen molar-refractivity contribution in [2.75, 3.05) is 14.2 Å². The third-order valence-electron chi connectivity index (χ3n) is 5.28. The first-order valence-corrected chi connectivity index (χ1v) is 8.92. The summed E-state index contributed by atoms with van der Waals surface area (Å²) in [6.45, 7) is 0. The van der Waals surface area contributed by atoms with Crippen LogP contribution in [0.3, 0.4) is 0 Å². The molecule has 0 aliphatic carbocycles. The van der Waals surface area contributed by atoms with Crippen molar-refractivity contribution in [2.45, 2.75) is 49.3 Å². The number of cyclic esters (lactones) is 1. The topological polar surface area (TPSA) is 124 Å². The highest BCUT2D eigenvalue weighted by molar-refractivity contribution is 5.97. The number of fused-ring (bicyclic) bond motifs is 1. The van der Waals surface area contributed by atoms with Crippen LogP contribution in [0.1, 0.15) is 34.9 Å². The number of aliphatic hydroxyl groups excluding tert-OH is 2. The number of phenolic OH excluding ortho intramolecular Hbond substituents is 1. The number of phenols is 1. The predicted molar refractivity (Wildman–Crippen MR) is 92.7 cm³/mol. The molecule has 9 heteroatoms. The number of rotatable bonds is 3. The molecule has 1 saturated heterocycles. The van der Waals surface area contributed by atoms with E-state index in [0.29, 0.717) is 17.7 Å². The quantitative estimate of drug-likeness (QED) is 0.504. The molecule has 1 spiro atoms. The average molecular weight is 394 g/mol. The zero-order valence-electron chi connectivity index (χ0n) is 15.4. The summed E-state index contributed by atoms with van der Waals surface area (Å²) < 4.78 is 27.6. The molecule has 0 saturated carbocycles. The predicted octanol–water partition coefficient (Wildman–Crippen LogP) is 0.768. The molecule has 9 nitrogen and oxygen atoms in total.